The zero-order chi connectivity index (χ0) is 22.7. The molecule has 4 heteroatoms. The number of rotatable bonds is 8. The fraction of sp³-hybridized carbons (Fsp3) is 0.536. The standard InChI is InChI=1S/C28H39N3O/c1-21(2)31(22(3)4)20-25-19-26(25)28(32)30-17-15-29(16-18-30)27(23-11-7-5-8-12-23)24-13-9-6-10-14-24/h5-14,21-22,25-27H,15-20H2,1-4H3. The van der Waals surface area contributed by atoms with Crippen LogP contribution in [0, 0.1) is 11.8 Å². The van der Waals surface area contributed by atoms with E-state index in [0.717, 1.165) is 39.1 Å². The van der Waals surface area contributed by atoms with Gasteiger partial charge in [-0.05, 0) is 51.2 Å². The molecule has 1 saturated carbocycles. The van der Waals surface area contributed by atoms with Gasteiger partial charge in [0.15, 0.2) is 0 Å². The van der Waals surface area contributed by atoms with Crippen molar-refractivity contribution in [3.05, 3.63) is 71.8 Å². The SMILES string of the molecule is CC(C)N(CC1CC1C(=O)N1CCN(C(c2ccccc2)c2ccccc2)CC1)C(C)C. The van der Waals surface area contributed by atoms with Crippen LogP contribution < -0.4 is 0 Å². The average Bonchev–Trinajstić information content (AvgIpc) is 3.58. The summed E-state index contributed by atoms with van der Waals surface area (Å²) in [6, 6.07) is 22.8. The van der Waals surface area contributed by atoms with E-state index >= 15 is 0 Å². The fourth-order valence-electron chi connectivity index (χ4n) is 5.36. The molecule has 2 atom stereocenters. The van der Waals surface area contributed by atoms with E-state index in [1.807, 2.05) is 0 Å². The number of hydrogen-bond acceptors (Lipinski definition) is 3. The van der Waals surface area contributed by atoms with Gasteiger partial charge in [0.1, 0.15) is 0 Å². The van der Waals surface area contributed by atoms with Crippen molar-refractivity contribution in [1.82, 2.24) is 14.7 Å². The van der Waals surface area contributed by atoms with E-state index in [0.29, 0.717) is 23.9 Å². The van der Waals surface area contributed by atoms with Crippen LogP contribution in [0.15, 0.2) is 60.7 Å². The second kappa shape index (κ2) is 10.2. The Labute approximate surface area is 194 Å². The van der Waals surface area contributed by atoms with E-state index in [9.17, 15) is 4.79 Å². The normalized spacial score (nSPS) is 21.7. The molecule has 4 nitrogen and oxygen atoms in total. The first-order valence-electron chi connectivity index (χ1n) is 12.3. The summed E-state index contributed by atoms with van der Waals surface area (Å²) in [7, 11) is 0. The van der Waals surface area contributed by atoms with Crippen molar-refractivity contribution in [3.63, 3.8) is 0 Å². The van der Waals surface area contributed by atoms with E-state index in [1.165, 1.54) is 11.1 Å². The molecule has 2 unspecified atom stereocenters. The maximum Gasteiger partial charge on any atom is 0.226 e. The fourth-order valence-corrected chi connectivity index (χ4v) is 5.36. The Morgan fingerprint density at radius 1 is 0.844 bits per heavy atom. The highest BCUT2D eigenvalue weighted by Gasteiger charge is 2.46. The van der Waals surface area contributed by atoms with Gasteiger partial charge in [0.2, 0.25) is 5.91 Å². The van der Waals surface area contributed by atoms with Crippen molar-refractivity contribution < 1.29 is 4.79 Å². The van der Waals surface area contributed by atoms with Gasteiger partial charge in [-0.1, -0.05) is 60.7 Å². The second-order valence-electron chi connectivity index (χ2n) is 10.1. The van der Waals surface area contributed by atoms with E-state index < -0.39 is 0 Å². The minimum Gasteiger partial charge on any atom is -0.340 e. The van der Waals surface area contributed by atoms with Crippen molar-refractivity contribution in [2.24, 2.45) is 11.8 Å². The van der Waals surface area contributed by atoms with Crippen LogP contribution in [0.1, 0.15) is 51.3 Å². The Hall–Kier alpha value is -2.17. The monoisotopic (exact) mass is 433 g/mol. The molecule has 2 aromatic carbocycles. The molecule has 1 aliphatic carbocycles. The predicted molar refractivity (Wildman–Crippen MR) is 131 cm³/mol. The van der Waals surface area contributed by atoms with Crippen molar-refractivity contribution in [2.45, 2.75) is 52.2 Å². The number of hydrogen-bond donors (Lipinski definition) is 0. The highest BCUT2D eigenvalue weighted by molar-refractivity contribution is 5.81. The number of amides is 1. The highest BCUT2D eigenvalue weighted by atomic mass is 16.2. The molecule has 172 valence electrons. The predicted octanol–water partition coefficient (Wildman–Crippen LogP) is 4.68. The maximum atomic E-state index is 13.2. The molecule has 1 saturated heterocycles. The van der Waals surface area contributed by atoms with Crippen LogP contribution in [0.2, 0.25) is 0 Å². The summed E-state index contributed by atoms with van der Waals surface area (Å²) >= 11 is 0. The van der Waals surface area contributed by atoms with E-state index in [4.69, 9.17) is 0 Å². The molecule has 0 aromatic heterocycles. The largest absolute Gasteiger partial charge is 0.340 e. The Morgan fingerprint density at radius 3 is 1.81 bits per heavy atom. The highest BCUT2D eigenvalue weighted by Crippen LogP contribution is 2.41. The Kier molecular flexibility index (Phi) is 7.32. The molecule has 2 aliphatic rings. The quantitative estimate of drug-likeness (QED) is 0.605. The third kappa shape index (κ3) is 5.24. The molecular formula is C28H39N3O. The van der Waals surface area contributed by atoms with Crippen LogP contribution in [0.3, 0.4) is 0 Å². The summed E-state index contributed by atoms with van der Waals surface area (Å²) in [6.45, 7) is 13.6. The first kappa shape index (κ1) is 23.0. The smallest absolute Gasteiger partial charge is 0.226 e. The van der Waals surface area contributed by atoms with Crippen molar-refractivity contribution in [2.75, 3.05) is 32.7 Å². The second-order valence-corrected chi connectivity index (χ2v) is 10.1. The summed E-state index contributed by atoms with van der Waals surface area (Å²) in [4.78, 5) is 20.4. The van der Waals surface area contributed by atoms with E-state index in [1.54, 1.807) is 0 Å². The van der Waals surface area contributed by atoms with Crippen LogP contribution >= 0.6 is 0 Å². The number of carbonyl (C=O) groups excluding carboxylic acids is 1. The number of piperazine rings is 1. The number of benzene rings is 2. The summed E-state index contributed by atoms with van der Waals surface area (Å²) in [5, 5.41) is 0. The van der Waals surface area contributed by atoms with Crippen molar-refractivity contribution in [1.29, 1.82) is 0 Å². The van der Waals surface area contributed by atoms with Crippen LogP contribution in [-0.2, 0) is 4.79 Å². The minimum atomic E-state index is 0.237. The van der Waals surface area contributed by atoms with Crippen LogP contribution in [-0.4, -0.2) is 65.4 Å². The van der Waals surface area contributed by atoms with Crippen molar-refractivity contribution in [3.8, 4) is 0 Å². The van der Waals surface area contributed by atoms with Gasteiger partial charge < -0.3 is 4.90 Å². The van der Waals surface area contributed by atoms with Gasteiger partial charge in [-0.25, -0.2) is 0 Å². The molecular weight excluding hydrogens is 394 g/mol. The summed E-state index contributed by atoms with van der Waals surface area (Å²) in [5.74, 6) is 1.16. The van der Waals surface area contributed by atoms with Gasteiger partial charge in [-0.15, -0.1) is 0 Å². The third-order valence-electron chi connectivity index (χ3n) is 7.23. The molecule has 2 aromatic rings. The molecule has 1 amide bonds. The lowest BCUT2D eigenvalue weighted by molar-refractivity contribution is -0.135. The lowest BCUT2D eigenvalue weighted by atomic mass is 9.96. The van der Waals surface area contributed by atoms with Crippen LogP contribution in [0.4, 0.5) is 0 Å². The van der Waals surface area contributed by atoms with Gasteiger partial charge in [-0.3, -0.25) is 14.6 Å². The number of carbonyl (C=O) groups is 1. The molecule has 0 spiro atoms. The molecule has 1 aliphatic heterocycles. The Morgan fingerprint density at radius 2 is 1.34 bits per heavy atom. The molecule has 32 heavy (non-hydrogen) atoms. The summed E-state index contributed by atoms with van der Waals surface area (Å²) < 4.78 is 0. The Balaban J connectivity index is 1.37. The number of nitrogens with zero attached hydrogens (tertiary/aromatic N) is 3. The van der Waals surface area contributed by atoms with Gasteiger partial charge in [-0.2, -0.15) is 0 Å². The summed E-state index contributed by atoms with van der Waals surface area (Å²) in [6.07, 6.45) is 1.06. The van der Waals surface area contributed by atoms with Crippen LogP contribution in [0.5, 0.6) is 0 Å². The van der Waals surface area contributed by atoms with Crippen molar-refractivity contribution >= 4 is 5.91 Å². The molecule has 0 radical (unpaired) electrons. The molecule has 2 fully saturated rings. The van der Waals surface area contributed by atoms with E-state index in [-0.39, 0.29) is 12.0 Å². The van der Waals surface area contributed by atoms with Crippen LogP contribution in [0.25, 0.3) is 0 Å². The Bertz CT molecular complexity index is 811. The van der Waals surface area contributed by atoms with Gasteiger partial charge in [0.05, 0.1) is 6.04 Å². The lowest BCUT2D eigenvalue weighted by Crippen LogP contribution is -2.50. The van der Waals surface area contributed by atoms with Gasteiger partial charge in [0.25, 0.3) is 0 Å². The lowest BCUT2D eigenvalue weighted by Gasteiger charge is -2.40. The first-order chi connectivity index (χ1) is 15.5. The minimum absolute atomic E-state index is 0.237. The maximum absolute atomic E-state index is 13.2. The molecule has 1 heterocycles. The third-order valence-corrected chi connectivity index (χ3v) is 7.23. The summed E-state index contributed by atoms with van der Waals surface area (Å²) in [5.41, 5.74) is 2.64. The zero-order valence-corrected chi connectivity index (χ0v) is 20.2. The molecule has 4 rings (SSSR count). The molecule has 0 bridgehead atoms. The van der Waals surface area contributed by atoms with Gasteiger partial charge in [0, 0.05) is 50.7 Å². The topological polar surface area (TPSA) is 26.8 Å². The first-order valence-corrected chi connectivity index (χ1v) is 12.3. The average molecular weight is 434 g/mol. The molecule has 0 N–H and O–H groups in total. The zero-order valence-electron chi connectivity index (χ0n) is 20.2. The van der Waals surface area contributed by atoms with E-state index in [2.05, 4.69) is 103 Å². The van der Waals surface area contributed by atoms with Gasteiger partial charge >= 0.3 is 0 Å².